The number of hydrogen-bond donors (Lipinski definition) is 0. The second-order valence-corrected chi connectivity index (χ2v) is 5.20. The Bertz CT molecular complexity index is 618. The Hall–Kier alpha value is -2.08. The van der Waals surface area contributed by atoms with Gasteiger partial charge in [-0.1, -0.05) is 0 Å². The molecule has 1 atom stereocenters. The summed E-state index contributed by atoms with van der Waals surface area (Å²) in [5.74, 6) is 0.425. The molecule has 1 unspecified atom stereocenters. The number of amides is 1. The van der Waals surface area contributed by atoms with Crippen LogP contribution in [0.15, 0.2) is 29.0 Å². The number of carbonyl (C=O) groups is 1. The van der Waals surface area contributed by atoms with Crippen LogP contribution in [0.4, 0.5) is 0 Å². The lowest BCUT2D eigenvalue weighted by Gasteiger charge is -2.32. The van der Waals surface area contributed by atoms with Gasteiger partial charge in [0.05, 0.1) is 24.8 Å². The fourth-order valence-electron chi connectivity index (χ4n) is 2.87. The second-order valence-electron chi connectivity index (χ2n) is 5.20. The molecule has 0 aliphatic carbocycles. The summed E-state index contributed by atoms with van der Waals surface area (Å²) in [5, 5.41) is 4.31. The molecule has 0 aromatic carbocycles. The summed E-state index contributed by atoms with van der Waals surface area (Å²) in [6.07, 6.45) is 3.35. The Morgan fingerprint density at radius 3 is 3.14 bits per heavy atom. The van der Waals surface area contributed by atoms with Crippen LogP contribution in [-0.2, 0) is 18.3 Å². The molecule has 2 aromatic heterocycles. The summed E-state index contributed by atoms with van der Waals surface area (Å²) in [7, 11) is 1.93. The third-order valence-electron chi connectivity index (χ3n) is 3.80. The summed E-state index contributed by atoms with van der Waals surface area (Å²) in [5.41, 5.74) is 2.24. The zero-order valence-electron chi connectivity index (χ0n) is 12.3. The molecular weight excluding hydrogens is 270 g/mol. The van der Waals surface area contributed by atoms with Gasteiger partial charge in [-0.25, -0.2) is 0 Å². The summed E-state index contributed by atoms with van der Waals surface area (Å²) in [6.45, 7) is 4.40. The van der Waals surface area contributed by atoms with Crippen LogP contribution in [0.1, 0.15) is 34.7 Å². The first-order chi connectivity index (χ1) is 10.2. The smallest absolute Gasteiger partial charge is 0.289 e. The Morgan fingerprint density at radius 2 is 2.43 bits per heavy atom. The van der Waals surface area contributed by atoms with E-state index in [1.165, 1.54) is 6.26 Å². The number of furan rings is 1. The molecule has 3 rings (SSSR count). The van der Waals surface area contributed by atoms with Crippen molar-refractivity contribution >= 4 is 5.91 Å². The fraction of sp³-hybridized carbons (Fsp3) is 0.467. The van der Waals surface area contributed by atoms with Gasteiger partial charge in [-0.05, 0) is 19.1 Å². The van der Waals surface area contributed by atoms with Gasteiger partial charge in [0.25, 0.3) is 5.91 Å². The summed E-state index contributed by atoms with van der Waals surface area (Å²) < 4.78 is 12.7. The molecule has 0 saturated heterocycles. The van der Waals surface area contributed by atoms with Crippen LogP contribution in [0.25, 0.3) is 0 Å². The molecule has 1 amide bonds. The van der Waals surface area contributed by atoms with Gasteiger partial charge in [0.2, 0.25) is 0 Å². The third-order valence-corrected chi connectivity index (χ3v) is 3.80. The van der Waals surface area contributed by atoms with Crippen molar-refractivity contribution in [2.75, 3.05) is 19.8 Å². The lowest BCUT2D eigenvalue weighted by molar-refractivity contribution is 0.0619. The van der Waals surface area contributed by atoms with Crippen LogP contribution in [-0.4, -0.2) is 40.3 Å². The van der Waals surface area contributed by atoms with E-state index in [0.29, 0.717) is 32.1 Å². The van der Waals surface area contributed by atoms with Crippen LogP contribution in [0.5, 0.6) is 0 Å². The minimum atomic E-state index is -0.0870. The van der Waals surface area contributed by atoms with Gasteiger partial charge in [0.1, 0.15) is 0 Å². The number of ether oxygens (including phenoxy) is 1. The average molecular weight is 289 g/mol. The average Bonchev–Trinajstić information content (AvgIpc) is 3.14. The highest BCUT2D eigenvalue weighted by atomic mass is 16.5. The molecule has 1 aliphatic heterocycles. The van der Waals surface area contributed by atoms with Gasteiger partial charge < -0.3 is 14.1 Å². The van der Waals surface area contributed by atoms with Gasteiger partial charge in [-0.15, -0.1) is 0 Å². The molecule has 0 N–H and O–H groups in total. The zero-order valence-corrected chi connectivity index (χ0v) is 12.3. The van der Waals surface area contributed by atoms with E-state index in [9.17, 15) is 4.79 Å². The molecule has 2 aromatic rings. The molecule has 0 bridgehead atoms. The Kier molecular flexibility index (Phi) is 3.79. The highest BCUT2D eigenvalue weighted by Crippen LogP contribution is 2.29. The first-order valence-electron chi connectivity index (χ1n) is 7.12. The summed E-state index contributed by atoms with van der Waals surface area (Å²) in [4.78, 5) is 14.3. The predicted molar refractivity (Wildman–Crippen MR) is 75.9 cm³/mol. The summed E-state index contributed by atoms with van der Waals surface area (Å²) >= 11 is 0. The van der Waals surface area contributed by atoms with Crippen molar-refractivity contribution in [1.29, 1.82) is 0 Å². The molecule has 21 heavy (non-hydrogen) atoms. The largest absolute Gasteiger partial charge is 0.459 e. The third kappa shape index (κ3) is 2.58. The normalized spacial score (nSPS) is 17.8. The van der Waals surface area contributed by atoms with Gasteiger partial charge in [0.15, 0.2) is 5.76 Å². The summed E-state index contributed by atoms with van der Waals surface area (Å²) in [6, 6.07) is 3.42. The van der Waals surface area contributed by atoms with E-state index in [4.69, 9.17) is 9.15 Å². The van der Waals surface area contributed by atoms with Crippen LogP contribution in [0.2, 0.25) is 0 Å². The van der Waals surface area contributed by atoms with Crippen molar-refractivity contribution in [3.63, 3.8) is 0 Å². The molecule has 112 valence electrons. The van der Waals surface area contributed by atoms with E-state index >= 15 is 0 Å². The number of rotatable bonds is 4. The topological polar surface area (TPSA) is 60.5 Å². The maximum Gasteiger partial charge on any atom is 0.289 e. The van der Waals surface area contributed by atoms with E-state index in [1.54, 1.807) is 17.0 Å². The minimum Gasteiger partial charge on any atom is -0.459 e. The highest BCUT2D eigenvalue weighted by Gasteiger charge is 2.32. The number of nitrogens with zero attached hydrogens (tertiary/aromatic N) is 3. The first kappa shape index (κ1) is 13.9. The number of aromatic nitrogens is 2. The Morgan fingerprint density at radius 1 is 1.57 bits per heavy atom. The molecule has 6 nitrogen and oxygen atoms in total. The highest BCUT2D eigenvalue weighted by molar-refractivity contribution is 5.91. The van der Waals surface area contributed by atoms with E-state index < -0.39 is 0 Å². The molecule has 0 spiro atoms. The van der Waals surface area contributed by atoms with E-state index in [1.807, 2.05) is 24.9 Å². The van der Waals surface area contributed by atoms with Gasteiger partial charge >= 0.3 is 0 Å². The minimum absolute atomic E-state index is 0.0870. The van der Waals surface area contributed by atoms with E-state index in [-0.39, 0.29) is 11.8 Å². The van der Waals surface area contributed by atoms with E-state index in [2.05, 4.69) is 5.10 Å². The van der Waals surface area contributed by atoms with Gasteiger partial charge in [-0.3, -0.25) is 9.48 Å². The SMILES string of the molecule is CCOCC1CN(C(=O)c2ccco2)Cc2cnn(C)c21. The molecule has 0 radical (unpaired) electrons. The van der Waals surface area contributed by atoms with Crippen LogP contribution >= 0.6 is 0 Å². The van der Waals surface area contributed by atoms with E-state index in [0.717, 1.165) is 11.3 Å². The molecular formula is C15H19N3O3. The number of hydrogen-bond acceptors (Lipinski definition) is 4. The molecule has 3 heterocycles. The van der Waals surface area contributed by atoms with Gasteiger partial charge in [-0.2, -0.15) is 5.10 Å². The van der Waals surface area contributed by atoms with Crippen molar-refractivity contribution in [3.05, 3.63) is 41.6 Å². The number of aryl methyl sites for hydroxylation is 1. The molecule has 1 aliphatic rings. The monoisotopic (exact) mass is 289 g/mol. The zero-order chi connectivity index (χ0) is 14.8. The van der Waals surface area contributed by atoms with Crippen molar-refractivity contribution in [1.82, 2.24) is 14.7 Å². The molecule has 0 saturated carbocycles. The van der Waals surface area contributed by atoms with Crippen LogP contribution in [0.3, 0.4) is 0 Å². The van der Waals surface area contributed by atoms with Gasteiger partial charge in [0, 0.05) is 38.2 Å². The first-order valence-corrected chi connectivity index (χ1v) is 7.12. The van der Waals surface area contributed by atoms with Crippen molar-refractivity contribution in [2.24, 2.45) is 7.05 Å². The number of fused-ring (bicyclic) bond motifs is 1. The molecule has 6 heteroatoms. The van der Waals surface area contributed by atoms with Crippen molar-refractivity contribution < 1.29 is 13.9 Å². The number of carbonyl (C=O) groups excluding carboxylic acids is 1. The fourth-order valence-corrected chi connectivity index (χ4v) is 2.87. The van der Waals surface area contributed by atoms with Crippen molar-refractivity contribution in [2.45, 2.75) is 19.4 Å². The quantitative estimate of drug-likeness (QED) is 0.861. The molecule has 0 fully saturated rings. The van der Waals surface area contributed by atoms with Crippen molar-refractivity contribution in [3.8, 4) is 0 Å². The maximum absolute atomic E-state index is 12.5. The van der Waals surface area contributed by atoms with Crippen LogP contribution < -0.4 is 0 Å². The second kappa shape index (κ2) is 5.73. The standard InChI is InChI=1S/C15H19N3O3/c1-3-20-10-12-9-18(15(19)13-5-4-6-21-13)8-11-7-16-17(2)14(11)12/h4-7,12H,3,8-10H2,1-2H3. The predicted octanol–water partition coefficient (Wildman–Crippen LogP) is 1.79. The Balaban J connectivity index is 1.85. The maximum atomic E-state index is 12.5. The van der Waals surface area contributed by atoms with Crippen LogP contribution in [0, 0.1) is 0 Å². The lowest BCUT2D eigenvalue weighted by atomic mass is 9.96. The lowest BCUT2D eigenvalue weighted by Crippen LogP contribution is -2.39. The Labute approximate surface area is 123 Å².